The van der Waals surface area contributed by atoms with Gasteiger partial charge in [-0.2, -0.15) is 0 Å². The van der Waals surface area contributed by atoms with Crippen molar-refractivity contribution in [3.63, 3.8) is 0 Å². The smallest absolute Gasteiger partial charge is 0.137 e. The minimum absolute atomic E-state index is 0.569. The van der Waals surface area contributed by atoms with Crippen molar-refractivity contribution >= 4 is 5.65 Å². The number of fused-ring (bicyclic) bond motifs is 1. The summed E-state index contributed by atoms with van der Waals surface area (Å²) in [4.78, 5) is 4.45. The first kappa shape index (κ1) is 11.9. The predicted molar refractivity (Wildman–Crippen MR) is 75.0 cm³/mol. The average molecular weight is 252 g/mol. The Kier molecular flexibility index (Phi) is 3.05. The van der Waals surface area contributed by atoms with Crippen molar-refractivity contribution in [1.82, 2.24) is 9.38 Å². The van der Waals surface area contributed by atoms with Gasteiger partial charge in [0.2, 0.25) is 0 Å². The van der Waals surface area contributed by atoms with Gasteiger partial charge in [-0.1, -0.05) is 30.3 Å². The van der Waals surface area contributed by atoms with E-state index in [4.69, 9.17) is 0 Å². The number of aliphatic hydroxyl groups excluding tert-OH is 1. The number of pyridine rings is 1. The standard InChI is InChI=1S/C16H16N2O/c1-12-6-2-3-7-13(12)10-15(19)14-11-18-9-5-4-8-16(18)17-14/h2-9,11,15,19H,10H2,1H3. The third-order valence-corrected chi connectivity index (χ3v) is 3.40. The monoisotopic (exact) mass is 252 g/mol. The zero-order chi connectivity index (χ0) is 13.2. The minimum atomic E-state index is -0.569. The Labute approximate surface area is 112 Å². The van der Waals surface area contributed by atoms with Crippen LogP contribution in [0, 0.1) is 6.92 Å². The topological polar surface area (TPSA) is 37.5 Å². The third-order valence-electron chi connectivity index (χ3n) is 3.40. The summed E-state index contributed by atoms with van der Waals surface area (Å²) in [5.41, 5.74) is 3.94. The Morgan fingerprint density at radius 1 is 1.16 bits per heavy atom. The van der Waals surface area contributed by atoms with Gasteiger partial charge in [0, 0.05) is 18.8 Å². The molecule has 1 unspecified atom stereocenters. The van der Waals surface area contributed by atoms with Crippen molar-refractivity contribution in [3.05, 3.63) is 71.7 Å². The molecule has 3 nitrogen and oxygen atoms in total. The molecule has 0 fully saturated rings. The summed E-state index contributed by atoms with van der Waals surface area (Å²) >= 11 is 0. The van der Waals surface area contributed by atoms with Crippen LogP contribution < -0.4 is 0 Å². The molecule has 3 heteroatoms. The van der Waals surface area contributed by atoms with Crippen LogP contribution in [0.4, 0.5) is 0 Å². The van der Waals surface area contributed by atoms with E-state index in [2.05, 4.69) is 18.0 Å². The Morgan fingerprint density at radius 2 is 1.95 bits per heavy atom. The Hall–Kier alpha value is -2.13. The molecule has 19 heavy (non-hydrogen) atoms. The van der Waals surface area contributed by atoms with Crippen LogP contribution in [0.1, 0.15) is 22.9 Å². The van der Waals surface area contributed by atoms with Gasteiger partial charge in [-0.05, 0) is 30.2 Å². The van der Waals surface area contributed by atoms with Gasteiger partial charge in [0.05, 0.1) is 5.69 Å². The normalized spacial score (nSPS) is 12.7. The lowest BCUT2D eigenvalue weighted by Gasteiger charge is -2.09. The second kappa shape index (κ2) is 4.86. The fourth-order valence-electron chi connectivity index (χ4n) is 2.27. The fourth-order valence-corrected chi connectivity index (χ4v) is 2.27. The van der Waals surface area contributed by atoms with Crippen molar-refractivity contribution in [2.75, 3.05) is 0 Å². The number of imidazole rings is 1. The van der Waals surface area contributed by atoms with Gasteiger partial charge in [0.1, 0.15) is 11.8 Å². The highest BCUT2D eigenvalue weighted by molar-refractivity contribution is 5.40. The number of hydrogen-bond acceptors (Lipinski definition) is 2. The zero-order valence-corrected chi connectivity index (χ0v) is 10.8. The molecule has 1 atom stereocenters. The lowest BCUT2D eigenvalue weighted by Crippen LogP contribution is -2.03. The maximum absolute atomic E-state index is 10.3. The van der Waals surface area contributed by atoms with Crippen LogP contribution in [0.3, 0.4) is 0 Å². The van der Waals surface area contributed by atoms with Crippen LogP contribution in [-0.2, 0) is 6.42 Å². The van der Waals surface area contributed by atoms with Gasteiger partial charge >= 0.3 is 0 Å². The lowest BCUT2D eigenvalue weighted by atomic mass is 10.0. The quantitative estimate of drug-likeness (QED) is 0.778. The number of aryl methyl sites for hydroxylation is 1. The second-order valence-electron chi connectivity index (χ2n) is 4.78. The third kappa shape index (κ3) is 2.37. The van der Waals surface area contributed by atoms with Gasteiger partial charge in [-0.25, -0.2) is 4.98 Å². The average Bonchev–Trinajstić information content (AvgIpc) is 2.85. The van der Waals surface area contributed by atoms with E-state index in [1.807, 2.05) is 53.2 Å². The van der Waals surface area contributed by atoms with E-state index in [9.17, 15) is 5.11 Å². The second-order valence-corrected chi connectivity index (χ2v) is 4.78. The first-order chi connectivity index (χ1) is 9.24. The zero-order valence-electron chi connectivity index (χ0n) is 10.8. The molecule has 1 aromatic carbocycles. The number of rotatable bonds is 3. The van der Waals surface area contributed by atoms with Crippen molar-refractivity contribution in [2.45, 2.75) is 19.4 Å². The highest BCUT2D eigenvalue weighted by atomic mass is 16.3. The molecule has 2 aromatic heterocycles. The number of hydrogen-bond donors (Lipinski definition) is 1. The van der Waals surface area contributed by atoms with Crippen molar-refractivity contribution in [1.29, 1.82) is 0 Å². The summed E-state index contributed by atoms with van der Waals surface area (Å²) in [7, 11) is 0. The van der Waals surface area contributed by atoms with Gasteiger partial charge in [-0.15, -0.1) is 0 Å². The van der Waals surface area contributed by atoms with Crippen molar-refractivity contribution < 1.29 is 5.11 Å². The molecule has 0 saturated heterocycles. The van der Waals surface area contributed by atoms with Gasteiger partial charge < -0.3 is 9.51 Å². The Bertz CT molecular complexity index is 670. The SMILES string of the molecule is Cc1ccccc1CC(O)c1cn2ccccc2n1. The summed E-state index contributed by atoms with van der Waals surface area (Å²) < 4.78 is 1.93. The molecule has 0 aliphatic rings. The molecule has 3 aromatic rings. The van der Waals surface area contributed by atoms with Crippen LogP contribution in [-0.4, -0.2) is 14.5 Å². The molecular formula is C16H16N2O. The maximum Gasteiger partial charge on any atom is 0.137 e. The van der Waals surface area contributed by atoms with Gasteiger partial charge in [0.25, 0.3) is 0 Å². The summed E-state index contributed by atoms with van der Waals surface area (Å²) in [6.45, 7) is 2.06. The molecule has 2 heterocycles. The maximum atomic E-state index is 10.3. The molecule has 0 saturated carbocycles. The van der Waals surface area contributed by atoms with Gasteiger partial charge in [-0.3, -0.25) is 0 Å². The van der Waals surface area contributed by atoms with E-state index < -0.39 is 6.10 Å². The van der Waals surface area contributed by atoms with Crippen LogP contribution in [0.25, 0.3) is 5.65 Å². The summed E-state index contributed by atoms with van der Waals surface area (Å²) in [5, 5.41) is 10.3. The minimum Gasteiger partial charge on any atom is -0.386 e. The Morgan fingerprint density at radius 3 is 2.74 bits per heavy atom. The molecule has 0 amide bonds. The summed E-state index contributed by atoms with van der Waals surface area (Å²) in [6, 6.07) is 13.9. The lowest BCUT2D eigenvalue weighted by molar-refractivity contribution is 0.174. The first-order valence-corrected chi connectivity index (χ1v) is 6.40. The van der Waals surface area contributed by atoms with Crippen molar-refractivity contribution in [2.24, 2.45) is 0 Å². The Balaban J connectivity index is 1.87. The highest BCUT2D eigenvalue weighted by Crippen LogP contribution is 2.20. The fraction of sp³-hybridized carbons (Fsp3) is 0.188. The number of benzene rings is 1. The van der Waals surface area contributed by atoms with Gasteiger partial charge in [0.15, 0.2) is 0 Å². The van der Waals surface area contributed by atoms with Crippen LogP contribution in [0.5, 0.6) is 0 Å². The molecule has 0 radical (unpaired) electrons. The first-order valence-electron chi connectivity index (χ1n) is 6.40. The van der Waals surface area contributed by atoms with Crippen LogP contribution >= 0.6 is 0 Å². The molecule has 96 valence electrons. The summed E-state index contributed by atoms with van der Waals surface area (Å²) in [5.74, 6) is 0. The molecule has 3 rings (SSSR count). The molecular weight excluding hydrogens is 236 g/mol. The predicted octanol–water partition coefficient (Wildman–Crippen LogP) is 2.92. The number of aliphatic hydroxyl groups is 1. The molecule has 0 bridgehead atoms. The molecule has 1 N–H and O–H groups in total. The van der Waals surface area contributed by atoms with Crippen LogP contribution in [0.2, 0.25) is 0 Å². The van der Waals surface area contributed by atoms with E-state index in [-0.39, 0.29) is 0 Å². The largest absolute Gasteiger partial charge is 0.386 e. The number of aromatic nitrogens is 2. The highest BCUT2D eigenvalue weighted by Gasteiger charge is 2.13. The molecule has 0 spiro atoms. The van der Waals surface area contributed by atoms with E-state index in [0.29, 0.717) is 6.42 Å². The van der Waals surface area contributed by atoms with E-state index >= 15 is 0 Å². The van der Waals surface area contributed by atoms with Crippen molar-refractivity contribution in [3.8, 4) is 0 Å². The van der Waals surface area contributed by atoms with Crippen LogP contribution in [0.15, 0.2) is 54.9 Å². The molecule has 0 aliphatic carbocycles. The number of nitrogens with zero attached hydrogens (tertiary/aromatic N) is 2. The van der Waals surface area contributed by atoms with E-state index in [0.717, 1.165) is 16.9 Å². The summed E-state index contributed by atoms with van der Waals surface area (Å²) in [6.07, 6.45) is 3.85. The van der Waals surface area contributed by atoms with E-state index in [1.54, 1.807) is 0 Å². The molecule has 0 aliphatic heterocycles. The van der Waals surface area contributed by atoms with E-state index in [1.165, 1.54) is 5.56 Å².